The smallest absolute Gasteiger partial charge is 0.134 e. The van der Waals surface area contributed by atoms with Crippen LogP contribution in [-0.4, -0.2) is 32.9 Å². The second kappa shape index (κ2) is 6.32. The molecule has 0 bridgehead atoms. The van der Waals surface area contributed by atoms with Gasteiger partial charge in [-0.3, -0.25) is 9.58 Å². The summed E-state index contributed by atoms with van der Waals surface area (Å²) in [4.78, 5) is 2.36. The van der Waals surface area contributed by atoms with Gasteiger partial charge in [-0.1, -0.05) is 41.0 Å². The maximum Gasteiger partial charge on any atom is 0.134 e. The van der Waals surface area contributed by atoms with Crippen LogP contribution >= 0.6 is 11.6 Å². The Morgan fingerprint density at radius 3 is 2.56 bits per heavy atom. The van der Waals surface area contributed by atoms with Crippen molar-refractivity contribution >= 4 is 11.6 Å². The molecule has 0 aliphatic heterocycles. The first-order valence-electron chi connectivity index (χ1n) is 8.45. The van der Waals surface area contributed by atoms with Gasteiger partial charge in [0.05, 0.1) is 0 Å². The average Bonchev–Trinajstić information content (AvgIpc) is 3.28. The van der Waals surface area contributed by atoms with Crippen LogP contribution in [0.3, 0.4) is 0 Å². The molecule has 2 heterocycles. The highest BCUT2D eigenvalue weighted by Gasteiger charge is 2.27. The van der Waals surface area contributed by atoms with Crippen molar-refractivity contribution in [1.29, 1.82) is 0 Å². The van der Waals surface area contributed by atoms with E-state index in [-0.39, 0.29) is 0 Å². The lowest BCUT2D eigenvalue weighted by Gasteiger charge is -2.24. The van der Waals surface area contributed by atoms with Gasteiger partial charge in [-0.15, -0.1) is 0 Å². The van der Waals surface area contributed by atoms with Crippen LogP contribution in [0.5, 0.6) is 0 Å². The molecule has 4 rings (SSSR count). The molecular weight excluding hydrogens is 336 g/mol. The third kappa shape index (κ3) is 2.98. The van der Waals surface area contributed by atoms with Crippen LogP contribution in [0.25, 0.3) is 11.4 Å². The molecule has 0 radical (unpaired) electrons. The van der Waals surface area contributed by atoms with Gasteiger partial charge >= 0.3 is 0 Å². The van der Waals surface area contributed by atoms with E-state index in [1.807, 2.05) is 20.0 Å². The molecule has 0 spiro atoms. The van der Waals surface area contributed by atoms with Crippen LogP contribution in [0, 0.1) is 6.92 Å². The van der Waals surface area contributed by atoms with Crippen LogP contribution in [0.2, 0.25) is 5.15 Å². The van der Waals surface area contributed by atoms with E-state index < -0.39 is 0 Å². The Bertz CT molecular complexity index is 889. The molecule has 0 saturated heterocycles. The number of aryl methyl sites for hydroxylation is 2. The summed E-state index contributed by atoms with van der Waals surface area (Å²) in [7, 11) is 4.01. The van der Waals surface area contributed by atoms with Crippen LogP contribution < -0.4 is 0 Å². The van der Waals surface area contributed by atoms with Crippen LogP contribution in [0.1, 0.15) is 22.5 Å². The molecule has 2 aromatic heterocycles. The van der Waals surface area contributed by atoms with E-state index in [2.05, 4.69) is 46.5 Å². The molecule has 1 aliphatic rings. The zero-order valence-electron chi connectivity index (χ0n) is 14.7. The lowest BCUT2D eigenvalue weighted by Crippen LogP contribution is -2.31. The SMILES string of the molecule is Cc1cc(-c2nn(C)c(Cl)c2CN(C)C2Cc3ccccc3C2)no1. The highest BCUT2D eigenvalue weighted by Crippen LogP contribution is 2.31. The van der Waals surface area contributed by atoms with Gasteiger partial charge in [0.15, 0.2) is 0 Å². The second-order valence-electron chi connectivity index (χ2n) is 6.81. The molecule has 25 heavy (non-hydrogen) atoms. The van der Waals surface area contributed by atoms with Crippen molar-refractivity contribution in [1.82, 2.24) is 19.8 Å². The summed E-state index contributed by atoms with van der Waals surface area (Å²) in [6.07, 6.45) is 2.14. The largest absolute Gasteiger partial charge is 0.361 e. The Hall–Kier alpha value is -2.11. The number of likely N-dealkylation sites (N-methyl/N-ethyl adjacent to an activating group) is 1. The Morgan fingerprint density at radius 2 is 1.96 bits per heavy atom. The van der Waals surface area contributed by atoms with E-state index in [0.29, 0.717) is 11.2 Å². The van der Waals surface area contributed by atoms with E-state index in [9.17, 15) is 0 Å². The molecule has 130 valence electrons. The molecule has 0 amide bonds. The molecule has 0 atom stereocenters. The molecule has 1 aromatic carbocycles. The van der Waals surface area contributed by atoms with Gasteiger partial charge in [0.1, 0.15) is 22.3 Å². The number of benzene rings is 1. The lowest BCUT2D eigenvalue weighted by molar-refractivity contribution is 0.241. The highest BCUT2D eigenvalue weighted by atomic mass is 35.5. The van der Waals surface area contributed by atoms with Crippen molar-refractivity contribution in [2.45, 2.75) is 32.4 Å². The summed E-state index contributed by atoms with van der Waals surface area (Å²) >= 11 is 6.53. The number of hydrogen-bond donors (Lipinski definition) is 0. The van der Waals surface area contributed by atoms with Gasteiger partial charge in [-0.2, -0.15) is 5.10 Å². The summed E-state index contributed by atoms with van der Waals surface area (Å²) in [6.45, 7) is 2.61. The van der Waals surface area contributed by atoms with Crippen molar-refractivity contribution < 1.29 is 4.52 Å². The molecule has 1 aliphatic carbocycles. The van der Waals surface area contributed by atoms with Crippen LogP contribution in [0.4, 0.5) is 0 Å². The average molecular weight is 357 g/mol. The number of hydrogen-bond acceptors (Lipinski definition) is 4. The molecule has 0 saturated carbocycles. The van der Waals surface area contributed by atoms with E-state index in [1.54, 1.807) is 4.68 Å². The summed E-state index contributed by atoms with van der Waals surface area (Å²) in [5.74, 6) is 0.766. The van der Waals surface area contributed by atoms with Crippen LogP contribution in [0.15, 0.2) is 34.9 Å². The number of rotatable bonds is 4. The minimum absolute atomic E-state index is 0.473. The first-order chi connectivity index (χ1) is 12.0. The van der Waals surface area contributed by atoms with Crippen molar-refractivity contribution in [3.8, 4) is 11.4 Å². The van der Waals surface area contributed by atoms with Crippen molar-refractivity contribution in [2.75, 3.05) is 7.05 Å². The second-order valence-corrected chi connectivity index (χ2v) is 7.17. The zero-order valence-corrected chi connectivity index (χ0v) is 15.4. The quantitative estimate of drug-likeness (QED) is 0.716. The van der Waals surface area contributed by atoms with Crippen molar-refractivity contribution in [3.05, 3.63) is 57.9 Å². The topological polar surface area (TPSA) is 47.1 Å². The fraction of sp³-hybridized carbons (Fsp3) is 0.368. The molecule has 5 nitrogen and oxygen atoms in total. The Balaban J connectivity index is 1.59. The summed E-state index contributed by atoms with van der Waals surface area (Å²) in [5.41, 5.74) is 5.42. The Kier molecular flexibility index (Phi) is 4.13. The van der Waals surface area contributed by atoms with Gasteiger partial charge in [0, 0.05) is 31.3 Å². The first-order valence-corrected chi connectivity index (χ1v) is 8.83. The molecule has 0 fully saturated rings. The van der Waals surface area contributed by atoms with Gasteiger partial charge < -0.3 is 4.52 Å². The molecular formula is C19H21ClN4O. The van der Waals surface area contributed by atoms with Gasteiger partial charge in [0.25, 0.3) is 0 Å². The third-order valence-corrected chi connectivity index (χ3v) is 5.47. The maximum atomic E-state index is 6.53. The number of aromatic nitrogens is 3. The van der Waals surface area contributed by atoms with E-state index in [0.717, 1.165) is 42.1 Å². The van der Waals surface area contributed by atoms with Crippen molar-refractivity contribution in [3.63, 3.8) is 0 Å². The maximum absolute atomic E-state index is 6.53. The minimum atomic E-state index is 0.473. The predicted octanol–water partition coefficient (Wildman–Crippen LogP) is 3.64. The number of nitrogens with zero attached hydrogens (tertiary/aromatic N) is 4. The summed E-state index contributed by atoms with van der Waals surface area (Å²) in [6, 6.07) is 11.1. The van der Waals surface area contributed by atoms with E-state index in [1.165, 1.54) is 11.1 Å². The van der Waals surface area contributed by atoms with E-state index >= 15 is 0 Å². The molecule has 0 N–H and O–H groups in total. The predicted molar refractivity (Wildman–Crippen MR) is 97.6 cm³/mol. The van der Waals surface area contributed by atoms with Gasteiger partial charge in [-0.05, 0) is 37.9 Å². The van der Waals surface area contributed by atoms with Crippen molar-refractivity contribution in [2.24, 2.45) is 7.05 Å². The zero-order chi connectivity index (χ0) is 17.6. The molecule has 3 aromatic rings. The fourth-order valence-electron chi connectivity index (χ4n) is 3.60. The summed E-state index contributed by atoms with van der Waals surface area (Å²) < 4.78 is 6.92. The normalized spacial score (nSPS) is 14.4. The number of fused-ring (bicyclic) bond motifs is 1. The molecule has 6 heteroatoms. The van der Waals surface area contributed by atoms with E-state index in [4.69, 9.17) is 16.1 Å². The van der Waals surface area contributed by atoms with Gasteiger partial charge in [-0.25, -0.2) is 0 Å². The van der Waals surface area contributed by atoms with Gasteiger partial charge in [0.2, 0.25) is 0 Å². The highest BCUT2D eigenvalue weighted by molar-refractivity contribution is 6.30. The lowest BCUT2D eigenvalue weighted by atomic mass is 10.1. The summed E-state index contributed by atoms with van der Waals surface area (Å²) in [5, 5.41) is 9.31. The fourth-order valence-corrected chi connectivity index (χ4v) is 3.78. The number of halogens is 1. The first kappa shape index (κ1) is 16.4. The standard InChI is InChI=1S/C19H21ClN4O/c1-12-8-17(22-25-12)18-16(19(20)24(3)21-18)11-23(2)15-9-13-6-4-5-7-14(13)10-15/h4-8,15H,9-11H2,1-3H3. The van der Waals surface area contributed by atoms with Crippen LogP contribution in [-0.2, 0) is 26.4 Å². The Labute approximate surface area is 152 Å². The third-order valence-electron chi connectivity index (χ3n) is 5.00. The minimum Gasteiger partial charge on any atom is -0.361 e. The molecule has 0 unspecified atom stereocenters. The Morgan fingerprint density at radius 1 is 1.28 bits per heavy atom. The monoisotopic (exact) mass is 356 g/mol.